The van der Waals surface area contributed by atoms with Crippen LogP contribution in [0.4, 0.5) is 5.69 Å². The lowest BCUT2D eigenvalue weighted by Gasteiger charge is -2.32. The monoisotopic (exact) mass is 368 g/mol. The Balaban J connectivity index is 1.93. The molecule has 0 saturated heterocycles. The van der Waals surface area contributed by atoms with Gasteiger partial charge in [0.25, 0.3) is 0 Å². The van der Waals surface area contributed by atoms with Gasteiger partial charge in [0.05, 0.1) is 6.04 Å². The Morgan fingerprint density at radius 3 is 2.73 bits per heavy atom. The highest BCUT2D eigenvalue weighted by Crippen LogP contribution is 2.36. The molecule has 0 aromatic heterocycles. The van der Waals surface area contributed by atoms with E-state index in [-0.39, 0.29) is 6.04 Å². The summed E-state index contributed by atoms with van der Waals surface area (Å²) in [6.07, 6.45) is 5.41. The molecule has 0 aliphatic carbocycles. The molecule has 1 aliphatic rings. The molecular weight excluding hydrogens is 348 g/mol. The first kappa shape index (κ1) is 18.1. The number of halogens is 1. The fraction of sp³-hybridized carbons (Fsp3) is 0.190. The fourth-order valence-electron chi connectivity index (χ4n) is 3.11. The zero-order valence-electron chi connectivity index (χ0n) is 14.4. The minimum Gasteiger partial charge on any atom is -0.490 e. The standard InChI is InChI=1S/C21H21ClN2O2/c1-2-11-26-18-6-3-15(4-7-18)21-12-16(9-10-24(21)14-25)19-13-17(22)5-8-20(19)23/h2-8,12-14,21H,1,9-11,23H2. The van der Waals surface area contributed by atoms with E-state index in [1.165, 1.54) is 0 Å². The zero-order valence-corrected chi connectivity index (χ0v) is 15.2. The third-order valence-electron chi connectivity index (χ3n) is 4.44. The van der Waals surface area contributed by atoms with Crippen LogP contribution < -0.4 is 10.5 Å². The number of amides is 1. The summed E-state index contributed by atoms with van der Waals surface area (Å²) < 4.78 is 5.52. The second-order valence-electron chi connectivity index (χ2n) is 6.13. The molecule has 1 atom stereocenters. The van der Waals surface area contributed by atoms with Gasteiger partial charge in [-0.15, -0.1) is 0 Å². The van der Waals surface area contributed by atoms with Gasteiger partial charge in [-0.3, -0.25) is 4.79 Å². The zero-order chi connectivity index (χ0) is 18.5. The Morgan fingerprint density at radius 2 is 2.04 bits per heavy atom. The van der Waals surface area contributed by atoms with Crippen LogP contribution >= 0.6 is 11.6 Å². The average Bonchev–Trinajstić information content (AvgIpc) is 2.68. The lowest BCUT2D eigenvalue weighted by molar-refractivity contribution is -0.119. The number of nitrogens with two attached hydrogens (primary N) is 1. The molecule has 1 heterocycles. The average molecular weight is 369 g/mol. The molecule has 2 aromatic rings. The molecule has 134 valence electrons. The first-order chi connectivity index (χ1) is 12.6. The molecule has 5 heteroatoms. The summed E-state index contributed by atoms with van der Waals surface area (Å²) in [5.41, 5.74) is 9.86. The molecule has 4 nitrogen and oxygen atoms in total. The summed E-state index contributed by atoms with van der Waals surface area (Å²) in [6, 6.07) is 13.1. The van der Waals surface area contributed by atoms with Gasteiger partial charge in [0.1, 0.15) is 12.4 Å². The molecule has 0 saturated carbocycles. The Hall–Kier alpha value is -2.72. The van der Waals surface area contributed by atoms with Crippen LogP contribution in [0.15, 0.2) is 61.2 Å². The van der Waals surface area contributed by atoms with Crippen molar-refractivity contribution in [1.29, 1.82) is 0 Å². The molecule has 26 heavy (non-hydrogen) atoms. The third-order valence-corrected chi connectivity index (χ3v) is 4.68. The number of benzene rings is 2. The van der Waals surface area contributed by atoms with Gasteiger partial charge in [-0.25, -0.2) is 0 Å². The third kappa shape index (κ3) is 3.92. The van der Waals surface area contributed by atoms with E-state index >= 15 is 0 Å². The number of carbonyl (C=O) groups is 1. The molecule has 1 amide bonds. The van der Waals surface area contributed by atoms with Crippen molar-refractivity contribution in [2.24, 2.45) is 0 Å². The number of rotatable bonds is 6. The van der Waals surface area contributed by atoms with Crippen LogP contribution in [0.5, 0.6) is 5.75 Å². The predicted molar refractivity (Wildman–Crippen MR) is 106 cm³/mol. The summed E-state index contributed by atoms with van der Waals surface area (Å²) in [5, 5.41) is 0.646. The Bertz CT molecular complexity index is 830. The Morgan fingerprint density at radius 1 is 1.27 bits per heavy atom. The van der Waals surface area contributed by atoms with Crippen LogP contribution in [0.3, 0.4) is 0 Å². The SMILES string of the molecule is C=CCOc1ccc(C2C=C(c3cc(Cl)ccc3N)CCN2C=O)cc1. The summed E-state index contributed by atoms with van der Waals surface area (Å²) in [4.78, 5) is 13.3. The van der Waals surface area contributed by atoms with Gasteiger partial charge in [-0.2, -0.15) is 0 Å². The van der Waals surface area contributed by atoms with Crippen LogP contribution in [0.25, 0.3) is 5.57 Å². The smallest absolute Gasteiger partial charge is 0.210 e. The number of anilines is 1. The fourth-order valence-corrected chi connectivity index (χ4v) is 3.28. The van der Waals surface area contributed by atoms with Gasteiger partial charge in [0.15, 0.2) is 0 Å². The molecule has 0 spiro atoms. The Labute approximate surface area is 158 Å². The van der Waals surface area contributed by atoms with Crippen molar-refractivity contribution in [2.45, 2.75) is 12.5 Å². The highest BCUT2D eigenvalue weighted by molar-refractivity contribution is 6.30. The molecule has 3 rings (SSSR count). The highest BCUT2D eigenvalue weighted by atomic mass is 35.5. The first-order valence-electron chi connectivity index (χ1n) is 8.43. The first-order valence-corrected chi connectivity index (χ1v) is 8.81. The predicted octanol–water partition coefficient (Wildman–Crippen LogP) is 4.47. The summed E-state index contributed by atoms with van der Waals surface area (Å²) in [5.74, 6) is 0.769. The molecule has 1 aliphatic heterocycles. The van der Waals surface area contributed by atoms with Crippen LogP contribution in [0.2, 0.25) is 5.02 Å². The van der Waals surface area contributed by atoms with E-state index in [0.717, 1.165) is 35.3 Å². The minimum absolute atomic E-state index is 0.150. The van der Waals surface area contributed by atoms with Crippen molar-refractivity contribution in [3.63, 3.8) is 0 Å². The number of hydrogen-bond acceptors (Lipinski definition) is 3. The normalized spacial score (nSPS) is 16.7. The van der Waals surface area contributed by atoms with Gasteiger partial charge in [0, 0.05) is 22.8 Å². The van der Waals surface area contributed by atoms with Crippen molar-refractivity contribution >= 4 is 29.3 Å². The molecular formula is C21H21ClN2O2. The molecule has 0 bridgehead atoms. The van der Waals surface area contributed by atoms with E-state index in [2.05, 4.69) is 12.7 Å². The second-order valence-corrected chi connectivity index (χ2v) is 6.57. The van der Waals surface area contributed by atoms with Gasteiger partial charge >= 0.3 is 0 Å². The number of nitrogen functional groups attached to an aromatic ring is 1. The van der Waals surface area contributed by atoms with Gasteiger partial charge < -0.3 is 15.4 Å². The summed E-state index contributed by atoms with van der Waals surface area (Å²) in [6.45, 7) is 4.73. The lowest BCUT2D eigenvalue weighted by atomic mass is 9.92. The van der Waals surface area contributed by atoms with Crippen molar-refractivity contribution in [1.82, 2.24) is 4.90 Å². The number of carbonyl (C=O) groups excluding carboxylic acids is 1. The molecule has 1 unspecified atom stereocenters. The van der Waals surface area contributed by atoms with E-state index in [9.17, 15) is 4.79 Å². The largest absolute Gasteiger partial charge is 0.490 e. The van der Waals surface area contributed by atoms with Crippen LogP contribution in [-0.2, 0) is 4.79 Å². The Kier molecular flexibility index (Phi) is 5.64. The van der Waals surface area contributed by atoms with E-state index in [1.54, 1.807) is 17.0 Å². The van der Waals surface area contributed by atoms with Crippen LogP contribution in [0.1, 0.15) is 23.6 Å². The molecule has 0 fully saturated rings. The quantitative estimate of drug-likeness (QED) is 0.465. The van der Waals surface area contributed by atoms with E-state index in [1.807, 2.05) is 36.4 Å². The van der Waals surface area contributed by atoms with Crippen molar-refractivity contribution in [3.8, 4) is 5.75 Å². The van der Waals surface area contributed by atoms with Gasteiger partial charge in [0.2, 0.25) is 6.41 Å². The van der Waals surface area contributed by atoms with E-state index in [0.29, 0.717) is 23.9 Å². The molecule has 2 N–H and O–H groups in total. The topological polar surface area (TPSA) is 55.6 Å². The van der Waals surface area contributed by atoms with E-state index < -0.39 is 0 Å². The molecule has 2 aromatic carbocycles. The number of nitrogens with zero attached hydrogens (tertiary/aromatic N) is 1. The minimum atomic E-state index is -0.150. The maximum absolute atomic E-state index is 11.5. The maximum atomic E-state index is 11.5. The van der Waals surface area contributed by atoms with Crippen LogP contribution in [0, 0.1) is 0 Å². The highest BCUT2D eigenvalue weighted by Gasteiger charge is 2.23. The lowest BCUT2D eigenvalue weighted by Crippen LogP contribution is -2.30. The number of hydrogen-bond donors (Lipinski definition) is 1. The molecule has 0 radical (unpaired) electrons. The maximum Gasteiger partial charge on any atom is 0.210 e. The van der Waals surface area contributed by atoms with Crippen molar-refractivity contribution in [2.75, 3.05) is 18.9 Å². The summed E-state index contributed by atoms with van der Waals surface area (Å²) in [7, 11) is 0. The van der Waals surface area contributed by atoms with Gasteiger partial charge in [-0.1, -0.05) is 42.5 Å². The summed E-state index contributed by atoms with van der Waals surface area (Å²) >= 11 is 6.13. The van der Waals surface area contributed by atoms with Crippen molar-refractivity contribution in [3.05, 3.63) is 77.3 Å². The van der Waals surface area contributed by atoms with Crippen molar-refractivity contribution < 1.29 is 9.53 Å². The van der Waals surface area contributed by atoms with Gasteiger partial charge in [-0.05, 0) is 47.9 Å². The number of ether oxygens (including phenoxy) is 1. The van der Waals surface area contributed by atoms with E-state index in [4.69, 9.17) is 22.1 Å². The van der Waals surface area contributed by atoms with Crippen LogP contribution in [-0.4, -0.2) is 24.5 Å². The second kappa shape index (κ2) is 8.11.